The van der Waals surface area contributed by atoms with Crippen molar-refractivity contribution in [3.63, 3.8) is 0 Å². The molecule has 0 aliphatic carbocycles. The van der Waals surface area contributed by atoms with Crippen LogP contribution in [-0.2, 0) is 6.54 Å². The predicted molar refractivity (Wildman–Crippen MR) is 76.0 cm³/mol. The summed E-state index contributed by atoms with van der Waals surface area (Å²) in [6, 6.07) is 2.28. The minimum Gasteiger partial charge on any atom is -0.394 e. The maximum Gasteiger partial charge on any atom is 0.152 e. The van der Waals surface area contributed by atoms with Gasteiger partial charge in [-0.2, -0.15) is 5.10 Å². The third kappa shape index (κ3) is 2.59. The Balaban J connectivity index is 2.42. The van der Waals surface area contributed by atoms with Gasteiger partial charge in [-0.3, -0.25) is 0 Å². The van der Waals surface area contributed by atoms with Crippen molar-refractivity contribution in [2.24, 2.45) is 0 Å². The number of benzene rings is 1. The second-order valence-electron chi connectivity index (χ2n) is 4.78. The van der Waals surface area contributed by atoms with Crippen LogP contribution in [0.2, 0.25) is 0 Å². The van der Waals surface area contributed by atoms with Crippen molar-refractivity contribution in [2.75, 3.05) is 11.1 Å². The van der Waals surface area contributed by atoms with E-state index in [1.54, 1.807) is 11.6 Å². The molecule has 0 saturated heterocycles. The Hall–Kier alpha value is -2.11. The van der Waals surface area contributed by atoms with Crippen molar-refractivity contribution in [3.8, 4) is 0 Å². The highest BCUT2D eigenvalue weighted by Crippen LogP contribution is 2.28. The molecule has 4 nitrogen and oxygen atoms in total. The number of nitrogen functional groups attached to an aromatic ring is 1. The van der Waals surface area contributed by atoms with E-state index < -0.39 is 11.6 Å². The van der Waals surface area contributed by atoms with Gasteiger partial charge in [-0.15, -0.1) is 0 Å². The summed E-state index contributed by atoms with van der Waals surface area (Å²) in [7, 11) is 0. The van der Waals surface area contributed by atoms with E-state index in [0.29, 0.717) is 23.7 Å². The molecular formula is C14H18F2N4. The fraction of sp³-hybridized carbons (Fsp3) is 0.357. The van der Waals surface area contributed by atoms with E-state index in [2.05, 4.69) is 10.4 Å². The van der Waals surface area contributed by atoms with Crippen LogP contribution in [0.3, 0.4) is 0 Å². The van der Waals surface area contributed by atoms with E-state index in [9.17, 15) is 8.78 Å². The molecule has 0 fully saturated rings. The number of aromatic nitrogens is 2. The Labute approximate surface area is 116 Å². The van der Waals surface area contributed by atoms with Gasteiger partial charge in [-0.1, -0.05) is 6.92 Å². The Kier molecular flexibility index (Phi) is 3.92. The minimum absolute atomic E-state index is 0.0528. The fourth-order valence-electron chi connectivity index (χ4n) is 1.97. The molecule has 1 aromatic carbocycles. The van der Waals surface area contributed by atoms with Crippen LogP contribution in [0, 0.1) is 25.5 Å². The van der Waals surface area contributed by atoms with Gasteiger partial charge in [-0.25, -0.2) is 13.5 Å². The number of nitrogens with zero attached hydrogens (tertiary/aromatic N) is 2. The number of nitrogens with one attached hydrogen (secondary N) is 1. The molecule has 0 spiro atoms. The molecular weight excluding hydrogens is 262 g/mol. The largest absolute Gasteiger partial charge is 0.394 e. The van der Waals surface area contributed by atoms with Gasteiger partial charge < -0.3 is 11.1 Å². The summed E-state index contributed by atoms with van der Waals surface area (Å²) < 4.78 is 29.1. The van der Waals surface area contributed by atoms with Gasteiger partial charge >= 0.3 is 0 Å². The first-order valence-corrected chi connectivity index (χ1v) is 6.49. The number of halogens is 2. The lowest BCUT2D eigenvalue weighted by atomic mass is 10.2. The molecule has 3 N–H and O–H groups in total. The number of hydrogen-bond acceptors (Lipinski definition) is 3. The number of aryl methyl sites for hydroxylation is 3. The van der Waals surface area contributed by atoms with Gasteiger partial charge in [0.15, 0.2) is 5.82 Å². The summed E-state index contributed by atoms with van der Waals surface area (Å²) in [5.41, 5.74) is 7.36. The first-order chi connectivity index (χ1) is 9.43. The molecule has 0 bridgehead atoms. The Morgan fingerprint density at radius 3 is 2.60 bits per heavy atom. The number of hydrogen-bond donors (Lipinski definition) is 2. The van der Waals surface area contributed by atoms with Crippen LogP contribution < -0.4 is 11.1 Å². The lowest BCUT2D eigenvalue weighted by Gasteiger charge is -2.11. The molecule has 0 radical (unpaired) electrons. The second kappa shape index (κ2) is 5.48. The van der Waals surface area contributed by atoms with Crippen molar-refractivity contribution in [2.45, 2.75) is 33.7 Å². The van der Waals surface area contributed by atoms with Gasteiger partial charge in [-0.05, 0) is 31.9 Å². The Morgan fingerprint density at radius 1 is 1.25 bits per heavy atom. The van der Waals surface area contributed by atoms with Crippen LogP contribution in [0.1, 0.15) is 24.6 Å². The van der Waals surface area contributed by atoms with Crippen LogP contribution in [0.4, 0.5) is 26.0 Å². The monoisotopic (exact) mass is 280 g/mol. The quantitative estimate of drug-likeness (QED) is 0.901. The standard InChI is InChI=1S/C14H18F2N4/c1-4-5-20-14(13(17)9(3)19-20)18-12-7-10(15)8(2)6-11(12)16/h6-7,18H,4-5,17H2,1-3H3. The maximum atomic E-state index is 13.9. The zero-order chi connectivity index (χ0) is 14.9. The molecule has 20 heavy (non-hydrogen) atoms. The third-order valence-electron chi connectivity index (χ3n) is 3.11. The molecule has 0 saturated carbocycles. The zero-order valence-corrected chi connectivity index (χ0v) is 11.8. The van der Waals surface area contributed by atoms with Gasteiger partial charge in [0.2, 0.25) is 0 Å². The first-order valence-electron chi connectivity index (χ1n) is 6.49. The number of rotatable bonds is 4. The van der Waals surface area contributed by atoms with Gasteiger partial charge in [0, 0.05) is 12.6 Å². The lowest BCUT2D eigenvalue weighted by Crippen LogP contribution is -2.07. The second-order valence-corrected chi connectivity index (χ2v) is 4.78. The summed E-state index contributed by atoms with van der Waals surface area (Å²) in [4.78, 5) is 0. The van der Waals surface area contributed by atoms with E-state index in [1.807, 2.05) is 6.92 Å². The smallest absolute Gasteiger partial charge is 0.152 e. The minimum atomic E-state index is -0.523. The number of nitrogens with two attached hydrogens (primary N) is 1. The van der Waals surface area contributed by atoms with E-state index in [0.717, 1.165) is 18.6 Å². The van der Waals surface area contributed by atoms with E-state index in [1.165, 1.54) is 6.92 Å². The van der Waals surface area contributed by atoms with Crippen molar-refractivity contribution in [1.82, 2.24) is 9.78 Å². The Bertz CT molecular complexity index is 635. The van der Waals surface area contributed by atoms with E-state index >= 15 is 0 Å². The number of anilines is 3. The van der Waals surface area contributed by atoms with Crippen molar-refractivity contribution in [1.29, 1.82) is 0 Å². The Morgan fingerprint density at radius 2 is 1.95 bits per heavy atom. The highest BCUT2D eigenvalue weighted by molar-refractivity contribution is 5.71. The normalized spacial score (nSPS) is 10.8. The van der Waals surface area contributed by atoms with Crippen LogP contribution in [0.5, 0.6) is 0 Å². The summed E-state index contributed by atoms with van der Waals surface area (Å²) in [6.07, 6.45) is 0.861. The average Bonchev–Trinajstić information content (AvgIpc) is 2.64. The molecule has 2 rings (SSSR count). The molecule has 0 aliphatic rings. The highest BCUT2D eigenvalue weighted by Gasteiger charge is 2.15. The van der Waals surface area contributed by atoms with Gasteiger partial charge in [0.05, 0.1) is 17.1 Å². The summed E-state index contributed by atoms with van der Waals surface area (Å²) in [5.74, 6) is -0.498. The molecule has 1 aromatic heterocycles. The van der Waals surface area contributed by atoms with Gasteiger partial charge in [0.25, 0.3) is 0 Å². The molecule has 6 heteroatoms. The topological polar surface area (TPSA) is 55.9 Å². The molecule has 2 aromatic rings. The van der Waals surface area contributed by atoms with E-state index in [-0.39, 0.29) is 11.3 Å². The van der Waals surface area contributed by atoms with Crippen molar-refractivity contribution >= 4 is 17.2 Å². The summed E-state index contributed by atoms with van der Waals surface area (Å²) in [6.45, 7) is 5.94. The maximum absolute atomic E-state index is 13.9. The van der Waals surface area contributed by atoms with Crippen LogP contribution in [0.25, 0.3) is 0 Å². The average molecular weight is 280 g/mol. The molecule has 0 aliphatic heterocycles. The van der Waals surface area contributed by atoms with Crippen LogP contribution in [0.15, 0.2) is 12.1 Å². The molecule has 108 valence electrons. The summed E-state index contributed by atoms with van der Waals surface area (Å²) >= 11 is 0. The first kappa shape index (κ1) is 14.3. The van der Waals surface area contributed by atoms with Gasteiger partial charge in [0.1, 0.15) is 11.6 Å². The molecule has 0 atom stereocenters. The molecule has 1 heterocycles. The van der Waals surface area contributed by atoms with Crippen molar-refractivity contribution < 1.29 is 8.78 Å². The molecule has 0 amide bonds. The van der Waals surface area contributed by atoms with Crippen molar-refractivity contribution in [3.05, 3.63) is 35.0 Å². The molecule has 0 unspecified atom stereocenters. The predicted octanol–water partition coefficient (Wildman–Crippen LogP) is 3.51. The van der Waals surface area contributed by atoms with Crippen LogP contribution in [-0.4, -0.2) is 9.78 Å². The lowest BCUT2D eigenvalue weighted by molar-refractivity contribution is 0.591. The zero-order valence-electron chi connectivity index (χ0n) is 11.8. The third-order valence-corrected chi connectivity index (χ3v) is 3.11. The highest BCUT2D eigenvalue weighted by atomic mass is 19.1. The van der Waals surface area contributed by atoms with Crippen LogP contribution >= 0.6 is 0 Å². The SMILES string of the molecule is CCCn1nc(C)c(N)c1Nc1cc(F)c(C)cc1F. The summed E-state index contributed by atoms with van der Waals surface area (Å²) in [5, 5.41) is 7.12. The fourth-order valence-corrected chi connectivity index (χ4v) is 1.97. The van der Waals surface area contributed by atoms with E-state index in [4.69, 9.17) is 5.73 Å².